The Bertz CT molecular complexity index is 837. The largest absolute Gasteiger partial charge is 0.497 e. The maximum Gasteiger partial charge on any atom is 0.326 e. The number of nitrogens with zero attached hydrogens (tertiary/aromatic N) is 1. The third-order valence-corrected chi connectivity index (χ3v) is 5.27. The van der Waals surface area contributed by atoms with Gasteiger partial charge in [0.2, 0.25) is 5.91 Å². The number of benzene rings is 2. The first-order valence-electron chi connectivity index (χ1n) is 9.82. The van der Waals surface area contributed by atoms with Crippen LogP contribution in [0.3, 0.4) is 0 Å². The number of carbonyl (C=O) groups is 2. The molecule has 2 aromatic rings. The topological polar surface area (TPSA) is 70.7 Å². The van der Waals surface area contributed by atoms with Crippen LogP contribution in [0.15, 0.2) is 48.5 Å². The number of ether oxygens (including phenoxy) is 1. The summed E-state index contributed by atoms with van der Waals surface area (Å²) >= 11 is 6.01. The Kier molecular flexibility index (Phi) is 7.36. The SMILES string of the molecule is COc1ccc(N(CCCNC(=O)C2CCC2)C(=O)Nc2cccc(Cl)c2)cc1. The van der Waals surface area contributed by atoms with E-state index in [4.69, 9.17) is 16.3 Å². The lowest BCUT2D eigenvalue weighted by Crippen LogP contribution is -2.39. The Morgan fingerprint density at radius 1 is 1.17 bits per heavy atom. The van der Waals surface area contributed by atoms with Gasteiger partial charge in [-0.3, -0.25) is 9.69 Å². The fraction of sp³-hybridized carbons (Fsp3) is 0.364. The first-order valence-corrected chi connectivity index (χ1v) is 10.2. The van der Waals surface area contributed by atoms with E-state index in [-0.39, 0.29) is 17.9 Å². The van der Waals surface area contributed by atoms with Crippen LogP contribution in [0, 0.1) is 5.92 Å². The number of amides is 3. The standard InChI is InChI=1S/C22H26ClN3O3/c1-29-20-11-9-19(10-12-20)26(14-4-13-24-21(27)16-5-2-6-16)22(28)25-18-8-3-7-17(23)15-18/h3,7-12,15-16H,2,4-6,13-14H2,1H3,(H,24,27)(H,25,28). The van der Waals surface area contributed by atoms with Crippen molar-refractivity contribution in [2.24, 2.45) is 5.92 Å². The molecule has 1 aliphatic rings. The van der Waals surface area contributed by atoms with Gasteiger partial charge in [-0.15, -0.1) is 0 Å². The fourth-order valence-electron chi connectivity index (χ4n) is 3.13. The van der Waals surface area contributed by atoms with Crippen LogP contribution in [0.5, 0.6) is 5.75 Å². The molecule has 0 spiro atoms. The number of methoxy groups -OCH3 is 1. The second-order valence-electron chi connectivity index (χ2n) is 7.06. The minimum absolute atomic E-state index is 0.121. The van der Waals surface area contributed by atoms with Crippen molar-refractivity contribution in [2.45, 2.75) is 25.7 Å². The summed E-state index contributed by atoms with van der Waals surface area (Å²) in [6, 6.07) is 14.1. The molecule has 1 aliphatic carbocycles. The van der Waals surface area contributed by atoms with E-state index in [0.29, 0.717) is 30.2 Å². The zero-order chi connectivity index (χ0) is 20.6. The van der Waals surface area contributed by atoms with Crippen molar-refractivity contribution in [3.63, 3.8) is 0 Å². The average molecular weight is 416 g/mol. The van der Waals surface area contributed by atoms with Gasteiger partial charge in [0.1, 0.15) is 5.75 Å². The molecule has 0 unspecified atom stereocenters. The molecule has 7 heteroatoms. The van der Waals surface area contributed by atoms with Crippen LogP contribution in [-0.4, -0.2) is 32.1 Å². The van der Waals surface area contributed by atoms with E-state index < -0.39 is 0 Å². The maximum atomic E-state index is 12.9. The molecular weight excluding hydrogens is 390 g/mol. The third kappa shape index (κ3) is 5.87. The Morgan fingerprint density at radius 2 is 1.93 bits per heavy atom. The molecule has 0 radical (unpaired) electrons. The predicted octanol–water partition coefficient (Wildman–Crippen LogP) is 4.69. The van der Waals surface area contributed by atoms with Gasteiger partial charge in [0.15, 0.2) is 0 Å². The maximum absolute atomic E-state index is 12.9. The third-order valence-electron chi connectivity index (χ3n) is 5.04. The number of anilines is 2. The molecule has 0 aromatic heterocycles. The zero-order valence-corrected chi connectivity index (χ0v) is 17.2. The number of carbonyl (C=O) groups excluding carboxylic acids is 2. The summed E-state index contributed by atoms with van der Waals surface area (Å²) in [4.78, 5) is 26.6. The van der Waals surface area contributed by atoms with E-state index in [9.17, 15) is 9.59 Å². The lowest BCUT2D eigenvalue weighted by Gasteiger charge is -2.25. The Morgan fingerprint density at radius 3 is 2.55 bits per heavy atom. The van der Waals surface area contributed by atoms with E-state index in [0.717, 1.165) is 30.7 Å². The van der Waals surface area contributed by atoms with Crippen molar-refractivity contribution in [2.75, 3.05) is 30.4 Å². The van der Waals surface area contributed by atoms with Crippen LogP contribution in [-0.2, 0) is 4.79 Å². The van der Waals surface area contributed by atoms with Crippen molar-refractivity contribution in [3.8, 4) is 5.75 Å². The summed E-state index contributed by atoms with van der Waals surface area (Å²) in [5, 5.41) is 6.40. The van der Waals surface area contributed by atoms with Crippen LogP contribution >= 0.6 is 11.6 Å². The van der Waals surface area contributed by atoms with E-state index in [1.54, 1.807) is 36.3 Å². The van der Waals surface area contributed by atoms with Gasteiger partial charge in [-0.05, 0) is 61.7 Å². The number of halogens is 1. The Hall–Kier alpha value is -2.73. The first-order chi connectivity index (χ1) is 14.1. The van der Waals surface area contributed by atoms with Crippen molar-refractivity contribution in [3.05, 3.63) is 53.6 Å². The first kappa shape index (κ1) is 21.0. The predicted molar refractivity (Wildman–Crippen MR) is 116 cm³/mol. The minimum Gasteiger partial charge on any atom is -0.497 e. The molecule has 3 rings (SSSR count). The van der Waals surface area contributed by atoms with E-state index in [2.05, 4.69) is 10.6 Å². The van der Waals surface area contributed by atoms with Gasteiger partial charge in [-0.25, -0.2) is 4.79 Å². The van der Waals surface area contributed by atoms with Crippen molar-refractivity contribution in [1.82, 2.24) is 5.32 Å². The second-order valence-corrected chi connectivity index (χ2v) is 7.50. The van der Waals surface area contributed by atoms with Crippen LogP contribution in [0.25, 0.3) is 0 Å². The lowest BCUT2D eigenvalue weighted by molar-refractivity contribution is -0.127. The fourth-order valence-corrected chi connectivity index (χ4v) is 3.32. The average Bonchev–Trinajstić information content (AvgIpc) is 2.66. The van der Waals surface area contributed by atoms with Gasteiger partial charge in [0, 0.05) is 35.4 Å². The van der Waals surface area contributed by atoms with Gasteiger partial charge < -0.3 is 15.4 Å². The number of hydrogen-bond acceptors (Lipinski definition) is 3. The normalized spacial score (nSPS) is 13.3. The van der Waals surface area contributed by atoms with Crippen LogP contribution in [0.1, 0.15) is 25.7 Å². The quantitative estimate of drug-likeness (QED) is 0.614. The summed E-state index contributed by atoms with van der Waals surface area (Å²) in [7, 11) is 1.60. The van der Waals surface area contributed by atoms with Crippen LogP contribution in [0.4, 0.5) is 16.2 Å². The minimum atomic E-state index is -0.261. The molecule has 1 fully saturated rings. The van der Waals surface area contributed by atoms with Crippen LogP contribution < -0.4 is 20.3 Å². The summed E-state index contributed by atoms with van der Waals surface area (Å²) in [6.45, 7) is 0.996. The highest BCUT2D eigenvalue weighted by Crippen LogP contribution is 2.26. The number of urea groups is 1. The van der Waals surface area contributed by atoms with Gasteiger partial charge in [-0.2, -0.15) is 0 Å². The van der Waals surface area contributed by atoms with E-state index in [1.807, 2.05) is 24.3 Å². The highest BCUT2D eigenvalue weighted by Gasteiger charge is 2.24. The number of nitrogens with one attached hydrogen (secondary N) is 2. The van der Waals surface area contributed by atoms with Crippen molar-refractivity contribution < 1.29 is 14.3 Å². The van der Waals surface area contributed by atoms with Crippen molar-refractivity contribution in [1.29, 1.82) is 0 Å². The molecule has 1 saturated carbocycles. The summed E-state index contributed by atoms with van der Waals surface area (Å²) in [5.74, 6) is 1.01. The van der Waals surface area contributed by atoms with Gasteiger partial charge in [0.05, 0.1) is 7.11 Å². The molecule has 2 N–H and O–H groups in total. The van der Waals surface area contributed by atoms with Gasteiger partial charge in [0.25, 0.3) is 0 Å². The lowest BCUT2D eigenvalue weighted by atomic mass is 9.85. The molecule has 3 amide bonds. The molecule has 0 atom stereocenters. The zero-order valence-electron chi connectivity index (χ0n) is 16.5. The number of rotatable bonds is 8. The molecule has 0 heterocycles. The van der Waals surface area contributed by atoms with E-state index in [1.165, 1.54) is 0 Å². The number of hydrogen-bond donors (Lipinski definition) is 2. The smallest absolute Gasteiger partial charge is 0.326 e. The van der Waals surface area contributed by atoms with Crippen molar-refractivity contribution >= 4 is 34.9 Å². The van der Waals surface area contributed by atoms with Gasteiger partial charge in [-0.1, -0.05) is 24.1 Å². The van der Waals surface area contributed by atoms with Crippen LogP contribution in [0.2, 0.25) is 5.02 Å². The summed E-state index contributed by atoms with van der Waals surface area (Å²) in [6.07, 6.45) is 3.73. The summed E-state index contributed by atoms with van der Waals surface area (Å²) < 4.78 is 5.20. The molecule has 0 bridgehead atoms. The molecule has 6 nitrogen and oxygen atoms in total. The molecule has 0 saturated heterocycles. The molecular formula is C22H26ClN3O3. The Balaban J connectivity index is 1.63. The highest BCUT2D eigenvalue weighted by molar-refractivity contribution is 6.30. The molecule has 0 aliphatic heterocycles. The highest BCUT2D eigenvalue weighted by atomic mass is 35.5. The molecule has 29 heavy (non-hydrogen) atoms. The Labute approximate surface area is 176 Å². The van der Waals surface area contributed by atoms with E-state index >= 15 is 0 Å². The van der Waals surface area contributed by atoms with Gasteiger partial charge >= 0.3 is 6.03 Å². The second kappa shape index (κ2) is 10.2. The monoisotopic (exact) mass is 415 g/mol. The molecule has 154 valence electrons. The molecule has 2 aromatic carbocycles. The summed E-state index contributed by atoms with van der Waals surface area (Å²) in [5.41, 5.74) is 1.37.